The molecule has 2 N–H and O–H groups in total. The number of benzene rings is 2. The van der Waals surface area contributed by atoms with Gasteiger partial charge < -0.3 is 14.8 Å². The van der Waals surface area contributed by atoms with Gasteiger partial charge in [0.15, 0.2) is 0 Å². The fourth-order valence-corrected chi connectivity index (χ4v) is 3.59. The van der Waals surface area contributed by atoms with Crippen LogP contribution in [-0.2, 0) is 14.8 Å². The van der Waals surface area contributed by atoms with Crippen molar-refractivity contribution in [2.45, 2.75) is 10.9 Å². The second kappa shape index (κ2) is 7.40. The maximum atomic E-state index is 13.0. The van der Waals surface area contributed by atoms with E-state index in [0.717, 1.165) is 0 Å². The SMILES string of the molecule is COc1ccc(S(=O)(=O)NC2COC2)cc1C(=O)Nc1ccc(F)cc1. The highest BCUT2D eigenvalue weighted by Gasteiger charge is 2.27. The molecule has 0 bridgehead atoms. The van der Waals surface area contributed by atoms with E-state index in [9.17, 15) is 17.6 Å². The van der Waals surface area contributed by atoms with Gasteiger partial charge >= 0.3 is 0 Å². The highest BCUT2D eigenvalue weighted by molar-refractivity contribution is 7.89. The summed E-state index contributed by atoms with van der Waals surface area (Å²) in [5, 5.41) is 2.58. The van der Waals surface area contributed by atoms with Crippen LogP contribution in [0, 0.1) is 5.82 Å². The van der Waals surface area contributed by atoms with Crippen LogP contribution >= 0.6 is 0 Å². The minimum Gasteiger partial charge on any atom is -0.496 e. The fraction of sp³-hybridized carbons (Fsp3) is 0.235. The highest BCUT2D eigenvalue weighted by atomic mass is 32.2. The molecule has 7 nitrogen and oxygen atoms in total. The number of carbonyl (C=O) groups excluding carboxylic acids is 1. The van der Waals surface area contributed by atoms with Crippen LogP contribution in [0.3, 0.4) is 0 Å². The smallest absolute Gasteiger partial charge is 0.259 e. The Kier molecular flexibility index (Phi) is 5.21. The molecule has 1 fully saturated rings. The second-order valence-corrected chi connectivity index (χ2v) is 7.39. The molecule has 1 aliphatic rings. The third-order valence-electron chi connectivity index (χ3n) is 3.79. The number of nitrogens with one attached hydrogen (secondary N) is 2. The molecule has 0 saturated carbocycles. The van der Waals surface area contributed by atoms with Gasteiger partial charge in [0.1, 0.15) is 11.6 Å². The molecule has 1 amide bonds. The number of hydrogen-bond acceptors (Lipinski definition) is 5. The van der Waals surface area contributed by atoms with E-state index in [1.54, 1.807) is 0 Å². The lowest BCUT2D eigenvalue weighted by Crippen LogP contribution is -2.48. The Morgan fingerprint density at radius 3 is 2.46 bits per heavy atom. The molecule has 0 aromatic heterocycles. The van der Waals surface area contributed by atoms with Gasteiger partial charge in [-0.05, 0) is 42.5 Å². The van der Waals surface area contributed by atoms with E-state index in [-0.39, 0.29) is 22.3 Å². The van der Waals surface area contributed by atoms with Gasteiger partial charge in [0.05, 0.1) is 36.8 Å². The average molecular weight is 380 g/mol. The van der Waals surface area contributed by atoms with Crippen molar-refractivity contribution < 1.29 is 27.1 Å². The van der Waals surface area contributed by atoms with Crippen LogP contribution in [0.4, 0.5) is 10.1 Å². The third kappa shape index (κ3) is 4.01. The first-order chi connectivity index (χ1) is 12.4. The van der Waals surface area contributed by atoms with Crippen molar-refractivity contribution in [3.63, 3.8) is 0 Å². The monoisotopic (exact) mass is 380 g/mol. The molecule has 2 aromatic rings. The molecule has 1 saturated heterocycles. The summed E-state index contributed by atoms with van der Waals surface area (Å²) in [5.41, 5.74) is 0.418. The number of halogens is 1. The predicted octanol–water partition coefficient (Wildman–Crippen LogP) is 1.76. The molecule has 1 aliphatic heterocycles. The molecule has 3 rings (SSSR count). The summed E-state index contributed by atoms with van der Waals surface area (Å²) in [7, 11) is -2.42. The summed E-state index contributed by atoms with van der Waals surface area (Å²) in [6.45, 7) is 0.626. The molecular weight excluding hydrogens is 363 g/mol. The molecule has 0 unspecified atom stereocenters. The first-order valence-electron chi connectivity index (χ1n) is 7.74. The minimum absolute atomic E-state index is 0.0459. The first kappa shape index (κ1) is 18.3. The largest absolute Gasteiger partial charge is 0.496 e. The van der Waals surface area contributed by atoms with Gasteiger partial charge in [0.25, 0.3) is 5.91 Å². The van der Waals surface area contributed by atoms with Crippen molar-refractivity contribution in [2.24, 2.45) is 0 Å². The Morgan fingerprint density at radius 2 is 1.88 bits per heavy atom. The Hall–Kier alpha value is -2.49. The fourth-order valence-electron chi connectivity index (χ4n) is 2.35. The number of carbonyl (C=O) groups is 1. The zero-order valence-electron chi connectivity index (χ0n) is 13.9. The van der Waals surface area contributed by atoms with Crippen molar-refractivity contribution in [3.05, 3.63) is 53.8 Å². The van der Waals surface area contributed by atoms with Gasteiger partial charge in [0, 0.05) is 5.69 Å². The number of rotatable bonds is 6. The molecule has 138 valence electrons. The molecule has 1 heterocycles. The van der Waals surface area contributed by atoms with Crippen molar-refractivity contribution in [1.82, 2.24) is 4.72 Å². The van der Waals surface area contributed by atoms with E-state index >= 15 is 0 Å². The molecule has 0 atom stereocenters. The van der Waals surface area contributed by atoms with Gasteiger partial charge in [-0.25, -0.2) is 17.5 Å². The van der Waals surface area contributed by atoms with E-state index in [1.807, 2.05) is 0 Å². The highest BCUT2D eigenvalue weighted by Crippen LogP contribution is 2.24. The van der Waals surface area contributed by atoms with E-state index in [1.165, 1.54) is 49.6 Å². The van der Waals surface area contributed by atoms with Crippen LogP contribution in [0.15, 0.2) is 47.4 Å². The number of methoxy groups -OCH3 is 1. The maximum Gasteiger partial charge on any atom is 0.259 e. The lowest BCUT2D eigenvalue weighted by atomic mass is 10.2. The van der Waals surface area contributed by atoms with Crippen LogP contribution in [0.1, 0.15) is 10.4 Å². The van der Waals surface area contributed by atoms with Crippen LogP contribution in [0.2, 0.25) is 0 Å². The summed E-state index contributed by atoms with van der Waals surface area (Å²) >= 11 is 0. The summed E-state index contributed by atoms with van der Waals surface area (Å²) in [5.74, 6) is -0.784. The third-order valence-corrected chi connectivity index (χ3v) is 5.31. The Balaban J connectivity index is 1.87. The number of anilines is 1. The van der Waals surface area contributed by atoms with Crippen molar-refractivity contribution >= 4 is 21.6 Å². The van der Waals surface area contributed by atoms with Crippen molar-refractivity contribution in [3.8, 4) is 5.75 Å². The Morgan fingerprint density at radius 1 is 1.19 bits per heavy atom. The molecule has 0 radical (unpaired) electrons. The van der Waals surface area contributed by atoms with E-state index < -0.39 is 21.7 Å². The average Bonchev–Trinajstić information content (AvgIpc) is 2.59. The summed E-state index contributed by atoms with van der Waals surface area (Å²) < 4.78 is 50.4. The zero-order chi connectivity index (χ0) is 18.7. The standard InChI is InChI=1S/C17H17FN2O5S/c1-24-16-7-6-14(26(22,23)20-13-9-25-10-13)8-15(16)17(21)19-12-4-2-11(18)3-5-12/h2-8,13,20H,9-10H2,1H3,(H,19,21). The van der Waals surface area contributed by atoms with Crippen LogP contribution in [0.5, 0.6) is 5.75 Å². The van der Waals surface area contributed by atoms with Crippen molar-refractivity contribution in [1.29, 1.82) is 0 Å². The van der Waals surface area contributed by atoms with E-state index in [4.69, 9.17) is 9.47 Å². The summed E-state index contributed by atoms with van der Waals surface area (Å²) in [6.07, 6.45) is 0. The number of hydrogen-bond donors (Lipinski definition) is 2. The molecular formula is C17H17FN2O5S. The topological polar surface area (TPSA) is 93.7 Å². The quantitative estimate of drug-likeness (QED) is 0.797. The number of sulfonamides is 1. The van der Waals surface area contributed by atoms with Gasteiger partial charge in [0.2, 0.25) is 10.0 Å². The summed E-state index contributed by atoms with van der Waals surface area (Å²) in [6, 6.07) is 8.94. The van der Waals surface area contributed by atoms with Gasteiger partial charge in [-0.1, -0.05) is 0 Å². The Bertz CT molecular complexity index is 911. The normalized spacial score (nSPS) is 14.5. The van der Waals surface area contributed by atoms with Crippen LogP contribution < -0.4 is 14.8 Å². The molecule has 26 heavy (non-hydrogen) atoms. The van der Waals surface area contributed by atoms with Gasteiger partial charge in [-0.2, -0.15) is 0 Å². The summed E-state index contributed by atoms with van der Waals surface area (Å²) in [4.78, 5) is 12.5. The molecule has 9 heteroatoms. The number of amides is 1. The lowest BCUT2D eigenvalue weighted by molar-refractivity contribution is 0.00482. The van der Waals surface area contributed by atoms with Gasteiger partial charge in [-0.3, -0.25) is 4.79 Å². The zero-order valence-corrected chi connectivity index (χ0v) is 14.7. The second-order valence-electron chi connectivity index (χ2n) is 5.68. The lowest BCUT2D eigenvalue weighted by Gasteiger charge is -2.26. The molecule has 2 aromatic carbocycles. The predicted molar refractivity (Wildman–Crippen MR) is 92.3 cm³/mol. The van der Waals surface area contributed by atoms with E-state index in [0.29, 0.717) is 18.9 Å². The van der Waals surface area contributed by atoms with Crippen LogP contribution in [0.25, 0.3) is 0 Å². The Labute approximate surface area is 150 Å². The van der Waals surface area contributed by atoms with E-state index in [2.05, 4.69) is 10.0 Å². The molecule has 0 spiro atoms. The molecule has 0 aliphatic carbocycles. The van der Waals surface area contributed by atoms with Gasteiger partial charge in [-0.15, -0.1) is 0 Å². The minimum atomic E-state index is -3.79. The number of ether oxygens (including phenoxy) is 2. The maximum absolute atomic E-state index is 13.0. The van der Waals surface area contributed by atoms with Crippen molar-refractivity contribution in [2.75, 3.05) is 25.6 Å². The van der Waals surface area contributed by atoms with Crippen LogP contribution in [-0.4, -0.2) is 40.7 Å². The first-order valence-corrected chi connectivity index (χ1v) is 9.22.